The fourth-order valence-electron chi connectivity index (χ4n) is 3.00. The van der Waals surface area contributed by atoms with Crippen LogP contribution in [0.4, 0.5) is 18.9 Å². The topological polar surface area (TPSA) is 134 Å². The van der Waals surface area contributed by atoms with Crippen LogP contribution in [0.1, 0.15) is 23.2 Å². The van der Waals surface area contributed by atoms with E-state index in [4.69, 9.17) is 19.4 Å². The Morgan fingerprint density at radius 3 is 2.26 bits per heavy atom. The molecule has 34 heavy (non-hydrogen) atoms. The second-order valence-electron chi connectivity index (χ2n) is 7.83. The van der Waals surface area contributed by atoms with Gasteiger partial charge in [0, 0.05) is 32.2 Å². The SMILES string of the molecule is CS(=O)(=O)N(CCN1CCOCC1)c1ccc(C(=O)O)c(OCC2CC2)c1.O=C(O)C(F)(F)F. The lowest BCUT2D eigenvalue weighted by Gasteiger charge is -2.30. The van der Waals surface area contributed by atoms with Crippen LogP contribution >= 0.6 is 0 Å². The number of aliphatic carboxylic acids is 1. The molecule has 3 rings (SSSR count). The standard InChI is InChI=1S/C18H26N2O6S.C2HF3O2/c1-27(23,24)20(7-6-19-8-10-25-11-9-19)15-4-5-16(18(21)22)17(12-15)26-13-14-2-3-14;3-2(4,5)1(6)7/h4-5,12,14H,2-3,6-11,13H2,1H3,(H,21,22);(H,6,7). The molecule has 1 aliphatic heterocycles. The minimum atomic E-state index is -5.08. The summed E-state index contributed by atoms with van der Waals surface area (Å²) in [5.41, 5.74) is 0.461. The largest absolute Gasteiger partial charge is 0.492 e. The van der Waals surface area contributed by atoms with E-state index in [2.05, 4.69) is 4.90 Å². The molecule has 1 aromatic rings. The third-order valence-electron chi connectivity index (χ3n) is 5.02. The number of hydrogen-bond acceptors (Lipinski definition) is 7. The van der Waals surface area contributed by atoms with Crippen molar-refractivity contribution < 1.29 is 50.9 Å². The summed E-state index contributed by atoms with van der Waals surface area (Å²) in [4.78, 5) is 22.5. The van der Waals surface area contributed by atoms with Crippen molar-refractivity contribution in [3.8, 4) is 5.75 Å². The summed E-state index contributed by atoms with van der Waals surface area (Å²) in [6.07, 6.45) is -1.77. The van der Waals surface area contributed by atoms with Gasteiger partial charge in [-0.1, -0.05) is 0 Å². The zero-order chi connectivity index (χ0) is 25.5. The number of morpholine rings is 1. The van der Waals surface area contributed by atoms with Gasteiger partial charge in [0.1, 0.15) is 11.3 Å². The molecular formula is C20H27F3N2O8S. The summed E-state index contributed by atoms with van der Waals surface area (Å²) in [6, 6.07) is 4.45. The van der Waals surface area contributed by atoms with Crippen LogP contribution in [0.5, 0.6) is 5.75 Å². The molecule has 0 aromatic heterocycles. The first-order valence-corrected chi connectivity index (χ1v) is 12.2. The number of carbonyl (C=O) groups is 2. The van der Waals surface area contributed by atoms with Crippen LogP contribution in [0.15, 0.2) is 18.2 Å². The Morgan fingerprint density at radius 2 is 1.79 bits per heavy atom. The van der Waals surface area contributed by atoms with E-state index in [1.807, 2.05) is 0 Å². The average molecular weight is 513 g/mol. The molecule has 0 bridgehead atoms. The van der Waals surface area contributed by atoms with Gasteiger partial charge < -0.3 is 19.7 Å². The van der Waals surface area contributed by atoms with Gasteiger partial charge in [0.05, 0.1) is 31.8 Å². The number of ether oxygens (including phenoxy) is 2. The van der Waals surface area contributed by atoms with Crippen molar-refractivity contribution in [2.45, 2.75) is 19.0 Å². The average Bonchev–Trinajstić information content (AvgIpc) is 3.56. The number of halogens is 3. The lowest BCUT2D eigenvalue weighted by molar-refractivity contribution is -0.192. The maximum Gasteiger partial charge on any atom is 0.490 e. The molecule has 14 heteroatoms. The smallest absolute Gasteiger partial charge is 0.490 e. The van der Waals surface area contributed by atoms with Crippen LogP contribution in [0.2, 0.25) is 0 Å². The van der Waals surface area contributed by atoms with E-state index < -0.39 is 28.1 Å². The molecule has 1 saturated carbocycles. The van der Waals surface area contributed by atoms with Crippen LogP contribution in [-0.2, 0) is 19.6 Å². The number of anilines is 1. The number of alkyl halides is 3. The van der Waals surface area contributed by atoms with Gasteiger partial charge in [-0.3, -0.25) is 9.21 Å². The summed E-state index contributed by atoms with van der Waals surface area (Å²) in [6.45, 7) is 4.15. The number of rotatable bonds is 9. The van der Waals surface area contributed by atoms with Crippen LogP contribution in [0.25, 0.3) is 0 Å². The molecule has 1 aliphatic carbocycles. The number of hydrogen-bond donors (Lipinski definition) is 2. The highest BCUT2D eigenvalue weighted by Crippen LogP contribution is 2.32. The second-order valence-corrected chi connectivity index (χ2v) is 9.74. The Morgan fingerprint density at radius 1 is 1.21 bits per heavy atom. The maximum absolute atomic E-state index is 12.3. The zero-order valence-corrected chi connectivity index (χ0v) is 19.3. The van der Waals surface area contributed by atoms with E-state index in [-0.39, 0.29) is 17.9 Å². The molecule has 0 unspecified atom stereocenters. The number of nitrogens with zero attached hydrogens (tertiary/aromatic N) is 2. The third kappa shape index (κ3) is 8.99. The van der Waals surface area contributed by atoms with E-state index in [1.54, 1.807) is 0 Å². The van der Waals surface area contributed by atoms with Crippen LogP contribution < -0.4 is 9.04 Å². The molecule has 2 fully saturated rings. The van der Waals surface area contributed by atoms with Crippen LogP contribution in [0, 0.1) is 5.92 Å². The van der Waals surface area contributed by atoms with E-state index in [9.17, 15) is 31.5 Å². The predicted octanol–water partition coefficient (Wildman–Crippen LogP) is 1.91. The van der Waals surface area contributed by atoms with Gasteiger partial charge >= 0.3 is 18.1 Å². The molecule has 10 nitrogen and oxygen atoms in total. The molecule has 0 amide bonds. The summed E-state index contributed by atoms with van der Waals surface area (Å²) in [5, 5.41) is 16.5. The highest BCUT2D eigenvalue weighted by atomic mass is 32.2. The first kappa shape index (κ1) is 27.7. The summed E-state index contributed by atoms with van der Waals surface area (Å²) < 4.78 is 68.7. The van der Waals surface area contributed by atoms with Crippen LogP contribution in [-0.4, -0.2) is 93.9 Å². The lowest BCUT2D eigenvalue weighted by atomic mass is 10.2. The van der Waals surface area contributed by atoms with Crippen molar-refractivity contribution in [2.24, 2.45) is 5.92 Å². The second kappa shape index (κ2) is 11.7. The van der Waals surface area contributed by atoms with Gasteiger partial charge in [-0.15, -0.1) is 0 Å². The Kier molecular flexibility index (Phi) is 9.53. The van der Waals surface area contributed by atoms with E-state index in [0.717, 1.165) is 32.2 Å². The van der Waals surface area contributed by atoms with Gasteiger partial charge in [0.15, 0.2) is 0 Å². The highest BCUT2D eigenvalue weighted by Gasteiger charge is 2.38. The van der Waals surface area contributed by atoms with Crippen molar-refractivity contribution in [1.82, 2.24) is 4.90 Å². The van der Waals surface area contributed by atoms with Gasteiger partial charge in [0.2, 0.25) is 10.0 Å². The normalized spacial score (nSPS) is 16.8. The highest BCUT2D eigenvalue weighted by molar-refractivity contribution is 7.92. The number of benzene rings is 1. The molecule has 2 aliphatic rings. The summed E-state index contributed by atoms with van der Waals surface area (Å²) in [5.74, 6) is -3.17. The zero-order valence-electron chi connectivity index (χ0n) is 18.5. The van der Waals surface area contributed by atoms with Crippen LogP contribution in [0.3, 0.4) is 0 Å². The van der Waals surface area contributed by atoms with E-state index >= 15 is 0 Å². The van der Waals surface area contributed by atoms with Crippen molar-refractivity contribution in [3.05, 3.63) is 23.8 Å². The first-order chi connectivity index (χ1) is 15.8. The number of carboxylic acids is 2. The first-order valence-electron chi connectivity index (χ1n) is 10.4. The van der Waals surface area contributed by atoms with E-state index in [0.29, 0.717) is 38.0 Å². The van der Waals surface area contributed by atoms with Gasteiger partial charge in [-0.2, -0.15) is 13.2 Å². The quantitative estimate of drug-likeness (QED) is 0.509. The minimum Gasteiger partial charge on any atom is -0.492 e. The number of aromatic carboxylic acids is 1. The Bertz CT molecular complexity index is 961. The van der Waals surface area contributed by atoms with Gasteiger partial charge in [-0.25, -0.2) is 18.0 Å². The predicted molar refractivity (Wildman–Crippen MR) is 115 cm³/mol. The molecule has 0 spiro atoms. The molecular weight excluding hydrogens is 485 g/mol. The molecule has 0 radical (unpaired) electrons. The summed E-state index contributed by atoms with van der Waals surface area (Å²) >= 11 is 0. The van der Waals surface area contributed by atoms with Gasteiger partial charge in [-0.05, 0) is 30.9 Å². The molecule has 1 saturated heterocycles. The minimum absolute atomic E-state index is 0.0426. The Hall–Kier alpha value is -2.58. The fraction of sp³-hybridized carbons (Fsp3) is 0.600. The van der Waals surface area contributed by atoms with Crippen molar-refractivity contribution in [1.29, 1.82) is 0 Å². The third-order valence-corrected chi connectivity index (χ3v) is 6.21. The fourth-order valence-corrected chi connectivity index (χ4v) is 3.91. The molecule has 192 valence electrons. The Balaban J connectivity index is 0.000000509. The van der Waals surface area contributed by atoms with Crippen molar-refractivity contribution in [3.63, 3.8) is 0 Å². The number of carboxylic acid groups (broad SMARTS) is 2. The molecule has 0 atom stereocenters. The number of sulfonamides is 1. The monoisotopic (exact) mass is 512 g/mol. The van der Waals surface area contributed by atoms with Gasteiger partial charge in [0.25, 0.3) is 0 Å². The summed E-state index contributed by atoms with van der Waals surface area (Å²) in [7, 11) is -3.52. The molecule has 2 N–H and O–H groups in total. The van der Waals surface area contributed by atoms with E-state index in [1.165, 1.54) is 22.5 Å². The maximum atomic E-state index is 12.3. The Labute approximate surface area is 194 Å². The molecule has 1 heterocycles. The lowest BCUT2D eigenvalue weighted by Crippen LogP contribution is -2.43. The molecule has 1 aromatic carbocycles. The van der Waals surface area contributed by atoms with Crippen molar-refractivity contribution in [2.75, 3.05) is 56.6 Å². The van der Waals surface area contributed by atoms with Crippen molar-refractivity contribution >= 4 is 27.6 Å².